The van der Waals surface area contributed by atoms with Gasteiger partial charge in [0.05, 0.1) is 11.8 Å². The molecule has 1 fully saturated rings. The third-order valence-corrected chi connectivity index (χ3v) is 3.89. The lowest BCUT2D eigenvalue weighted by Gasteiger charge is -2.20. The van der Waals surface area contributed by atoms with E-state index in [1.807, 2.05) is 18.5 Å². The summed E-state index contributed by atoms with van der Waals surface area (Å²) in [5, 5.41) is 7.99. The van der Waals surface area contributed by atoms with Gasteiger partial charge in [-0.3, -0.25) is 9.67 Å². The highest BCUT2D eigenvalue weighted by Crippen LogP contribution is 2.28. The molecule has 21 heavy (non-hydrogen) atoms. The van der Waals surface area contributed by atoms with Gasteiger partial charge in [0.2, 0.25) is 0 Å². The molecule has 1 aliphatic heterocycles. The molecule has 112 valence electrons. The van der Waals surface area contributed by atoms with Crippen LogP contribution in [0.25, 0.3) is 0 Å². The number of nitrogens with one attached hydrogen (secondary N) is 1. The fourth-order valence-electron chi connectivity index (χ4n) is 2.85. The van der Waals surface area contributed by atoms with E-state index in [4.69, 9.17) is 4.74 Å². The van der Waals surface area contributed by atoms with Gasteiger partial charge in [-0.05, 0) is 32.4 Å². The van der Waals surface area contributed by atoms with E-state index in [2.05, 4.69) is 46.1 Å². The summed E-state index contributed by atoms with van der Waals surface area (Å²) in [5.74, 6) is 0. The Bertz CT molecular complexity index is 567. The van der Waals surface area contributed by atoms with E-state index < -0.39 is 0 Å². The van der Waals surface area contributed by atoms with Crippen LogP contribution in [0.4, 0.5) is 0 Å². The molecule has 0 aliphatic carbocycles. The number of ether oxygens (including phenoxy) is 1. The summed E-state index contributed by atoms with van der Waals surface area (Å²) < 4.78 is 7.93. The molecular formula is C16H22N4O. The summed E-state index contributed by atoms with van der Waals surface area (Å²) in [7, 11) is 0. The molecule has 1 aliphatic rings. The monoisotopic (exact) mass is 286 g/mol. The van der Waals surface area contributed by atoms with Crippen molar-refractivity contribution in [2.24, 2.45) is 0 Å². The highest BCUT2D eigenvalue weighted by Gasteiger charge is 2.29. The zero-order valence-corrected chi connectivity index (χ0v) is 12.6. The van der Waals surface area contributed by atoms with Gasteiger partial charge in [-0.1, -0.05) is 6.07 Å². The molecule has 0 saturated carbocycles. The third kappa shape index (κ3) is 3.14. The number of hydrogen-bond donors (Lipinski definition) is 1. The standard InChI is InChI=1S/C16H22N4O/c1-12(2)20-14(5-8-19-20)11-18-15-6-9-21-16(15)13-4-3-7-17-10-13/h3-5,7-8,10,12,15-16,18H,6,9,11H2,1-2H3/t15-,16+/m0/s1. The molecule has 3 rings (SSSR count). The highest BCUT2D eigenvalue weighted by atomic mass is 16.5. The van der Waals surface area contributed by atoms with E-state index >= 15 is 0 Å². The van der Waals surface area contributed by atoms with Crippen molar-refractivity contribution in [3.8, 4) is 0 Å². The Morgan fingerprint density at radius 3 is 3.05 bits per heavy atom. The number of nitrogens with zero attached hydrogens (tertiary/aromatic N) is 3. The van der Waals surface area contributed by atoms with Crippen molar-refractivity contribution in [1.82, 2.24) is 20.1 Å². The van der Waals surface area contributed by atoms with Crippen LogP contribution in [0.15, 0.2) is 36.8 Å². The lowest BCUT2D eigenvalue weighted by Crippen LogP contribution is -2.32. The van der Waals surface area contributed by atoms with Gasteiger partial charge in [0.1, 0.15) is 0 Å². The molecular weight excluding hydrogens is 264 g/mol. The predicted molar refractivity (Wildman–Crippen MR) is 80.8 cm³/mol. The largest absolute Gasteiger partial charge is 0.372 e. The zero-order valence-electron chi connectivity index (χ0n) is 12.6. The molecule has 2 atom stereocenters. The first-order valence-corrected chi connectivity index (χ1v) is 7.53. The second kappa shape index (κ2) is 6.37. The topological polar surface area (TPSA) is 52.0 Å². The normalized spacial score (nSPS) is 22.0. The Balaban J connectivity index is 1.66. The van der Waals surface area contributed by atoms with E-state index in [-0.39, 0.29) is 6.10 Å². The molecule has 1 saturated heterocycles. The van der Waals surface area contributed by atoms with Crippen molar-refractivity contribution >= 4 is 0 Å². The lowest BCUT2D eigenvalue weighted by molar-refractivity contribution is 0.0980. The molecule has 3 heterocycles. The van der Waals surface area contributed by atoms with Crippen molar-refractivity contribution in [2.75, 3.05) is 6.61 Å². The molecule has 5 heteroatoms. The van der Waals surface area contributed by atoms with E-state index in [0.717, 1.165) is 25.1 Å². The van der Waals surface area contributed by atoms with Gasteiger partial charge >= 0.3 is 0 Å². The summed E-state index contributed by atoms with van der Waals surface area (Å²) in [6.07, 6.45) is 6.66. The summed E-state index contributed by atoms with van der Waals surface area (Å²) in [5.41, 5.74) is 2.35. The number of hydrogen-bond acceptors (Lipinski definition) is 4. The van der Waals surface area contributed by atoms with E-state index in [1.54, 1.807) is 6.20 Å². The Morgan fingerprint density at radius 1 is 1.38 bits per heavy atom. The number of pyridine rings is 1. The average Bonchev–Trinajstić information content (AvgIpc) is 3.15. The minimum atomic E-state index is 0.0918. The first-order valence-electron chi connectivity index (χ1n) is 7.53. The van der Waals surface area contributed by atoms with Crippen LogP contribution in [0, 0.1) is 0 Å². The predicted octanol–water partition coefficient (Wildman–Crippen LogP) is 2.48. The van der Waals surface area contributed by atoms with Gasteiger partial charge in [-0.15, -0.1) is 0 Å². The molecule has 0 spiro atoms. The van der Waals surface area contributed by atoms with Gasteiger partial charge in [0.25, 0.3) is 0 Å². The molecule has 2 aromatic rings. The van der Waals surface area contributed by atoms with Crippen molar-refractivity contribution in [2.45, 2.75) is 45.0 Å². The van der Waals surface area contributed by atoms with Crippen LogP contribution in [0.1, 0.15) is 43.7 Å². The Labute approximate surface area is 125 Å². The maximum absolute atomic E-state index is 5.87. The van der Waals surface area contributed by atoms with Gasteiger partial charge in [0, 0.05) is 49.4 Å². The summed E-state index contributed by atoms with van der Waals surface area (Å²) in [6.45, 7) is 5.89. The second-order valence-electron chi connectivity index (χ2n) is 5.71. The van der Waals surface area contributed by atoms with Crippen LogP contribution < -0.4 is 5.32 Å². The fourth-order valence-corrected chi connectivity index (χ4v) is 2.85. The van der Waals surface area contributed by atoms with Crippen molar-refractivity contribution in [3.05, 3.63) is 48.0 Å². The van der Waals surface area contributed by atoms with Crippen LogP contribution >= 0.6 is 0 Å². The number of rotatable bonds is 5. The minimum absolute atomic E-state index is 0.0918. The Morgan fingerprint density at radius 2 is 2.29 bits per heavy atom. The number of aromatic nitrogens is 3. The summed E-state index contributed by atoms with van der Waals surface area (Å²) >= 11 is 0. The van der Waals surface area contributed by atoms with Gasteiger partial charge in [-0.2, -0.15) is 5.10 Å². The molecule has 0 bridgehead atoms. The summed E-state index contributed by atoms with van der Waals surface area (Å²) in [4.78, 5) is 4.19. The lowest BCUT2D eigenvalue weighted by atomic mass is 10.0. The van der Waals surface area contributed by atoms with E-state index in [9.17, 15) is 0 Å². The molecule has 0 radical (unpaired) electrons. The third-order valence-electron chi connectivity index (χ3n) is 3.89. The van der Waals surface area contributed by atoms with Crippen LogP contribution in [0.5, 0.6) is 0 Å². The molecule has 5 nitrogen and oxygen atoms in total. The highest BCUT2D eigenvalue weighted by molar-refractivity contribution is 5.16. The van der Waals surface area contributed by atoms with Crippen LogP contribution in [0.2, 0.25) is 0 Å². The first kappa shape index (κ1) is 14.2. The SMILES string of the molecule is CC(C)n1nccc1CN[C@H]1CCO[C@@H]1c1cccnc1. The average molecular weight is 286 g/mol. The Hall–Kier alpha value is -1.72. The van der Waals surface area contributed by atoms with Gasteiger partial charge < -0.3 is 10.1 Å². The van der Waals surface area contributed by atoms with Crippen LogP contribution in [-0.2, 0) is 11.3 Å². The van der Waals surface area contributed by atoms with Crippen molar-refractivity contribution in [1.29, 1.82) is 0 Å². The summed E-state index contributed by atoms with van der Waals surface area (Å²) in [6, 6.07) is 6.82. The first-order chi connectivity index (χ1) is 10.3. The van der Waals surface area contributed by atoms with Gasteiger partial charge in [0.15, 0.2) is 0 Å². The molecule has 0 unspecified atom stereocenters. The molecule has 2 aromatic heterocycles. The zero-order chi connectivity index (χ0) is 14.7. The van der Waals surface area contributed by atoms with Crippen molar-refractivity contribution in [3.63, 3.8) is 0 Å². The van der Waals surface area contributed by atoms with Crippen LogP contribution in [-0.4, -0.2) is 27.4 Å². The second-order valence-corrected chi connectivity index (χ2v) is 5.71. The maximum atomic E-state index is 5.87. The Kier molecular flexibility index (Phi) is 4.31. The quantitative estimate of drug-likeness (QED) is 0.917. The maximum Gasteiger partial charge on any atom is 0.0993 e. The van der Waals surface area contributed by atoms with E-state index in [1.165, 1.54) is 5.69 Å². The molecule has 1 N–H and O–H groups in total. The van der Waals surface area contributed by atoms with Gasteiger partial charge in [-0.25, -0.2) is 0 Å². The molecule has 0 amide bonds. The van der Waals surface area contributed by atoms with Crippen LogP contribution in [0.3, 0.4) is 0 Å². The van der Waals surface area contributed by atoms with Crippen molar-refractivity contribution < 1.29 is 4.74 Å². The molecule has 0 aromatic carbocycles. The fraction of sp³-hybridized carbons (Fsp3) is 0.500. The smallest absolute Gasteiger partial charge is 0.0993 e. The minimum Gasteiger partial charge on any atom is -0.372 e. The van der Waals surface area contributed by atoms with E-state index in [0.29, 0.717) is 12.1 Å².